The third-order valence-electron chi connectivity index (χ3n) is 9.12. The number of hydrogen-bond acceptors (Lipinski definition) is 10. The van der Waals surface area contributed by atoms with Crippen molar-refractivity contribution < 1.29 is 12.8 Å². The summed E-state index contributed by atoms with van der Waals surface area (Å²) in [5, 5.41) is 0.666. The Labute approximate surface area is 259 Å². The summed E-state index contributed by atoms with van der Waals surface area (Å²) in [5.74, 6) is -0.392. The fourth-order valence-corrected chi connectivity index (χ4v) is 8.78. The third-order valence-corrected chi connectivity index (χ3v) is 11.2. The van der Waals surface area contributed by atoms with Crippen molar-refractivity contribution in [3.63, 3.8) is 0 Å². The van der Waals surface area contributed by atoms with Crippen LogP contribution >= 0.6 is 11.7 Å². The molecule has 5 aromatic rings. The molecule has 3 aromatic heterocycles. The minimum absolute atomic E-state index is 0.0115. The van der Waals surface area contributed by atoms with Crippen LogP contribution in [-0.4, -0.2) is 80.8 Å². The predicted molar refractivity (Wildman–Crippen MR) is 171 cm³/mol. The Bertz CT molecular complexity index is 1960. The van der Waals surface area contributed by atoms with Crippen LogP contribution in [0.15, 0.2) is 47.8 Å². The van der Waals surface area contributed by atoms with E-state index in [2.05, 4.69) is 44.9 Å². The van der Waals surface area contributed by atoms with Crippen LogP contribution in [0.5, 0.6) is 0 Å². The number of sulfonamides is 1. The highest BCUT2D eigenvalue weighted by Crippen LogP contribution is 2.40. The fourth-order valence-electron chi connectivity index (χ4n) is 6.72. The maximum Gasteiger partial charge on any atom is 0.264 e. The molecule has 0 bridgehead atoms. The van der Waals surface area contributed by atoms with E-state index in [1.54, 1.807) is 25.1 Å². The van der Waals surface area contributed by atoms with Crippen LogP contribution in [0.4, 0.5) is 15.9 Å². The van der Waals surface area contributed by atoms with Gasteiger partial charge in [0.05, 0.1) is 22.8 Å². The van der Waals surface area contributed by atoms with Crippen molar-refractivity contribution in [2.24, 2.45) is 0 Å². The molecule has 2 fully saturated rings. The molecular weight excluding hydrogens is 602 g/mol. The van der Waals surface area contributed by atoms with Gasteiger partial charge in [-0.3, -0.25) is 9.62 Å². The van der Waals surface area contributed by atoms with E-state index in [4.69, 9.17) is 5.73 Å². The number of aryl methyl sites for hydroxylation is 1. The minimum atomic E-state index is -4.14. The molecule has 14 heteroatoms. The van der Waals surface area contributed by atoms with Crippen molar-refractivity contribution in [1.82, 2.24) is 33.1 Å². The van der Waals surface area contributed by atoms with E-state index in [1.165, 1.54) is 18.5 Å². The number of halogens is 1. The number of fused-ring (bicyclic) bond motifs is 2. The summed E-state index contributed by atoms with van der Waals surface area (Å²) in [6.07, 6.45) is 7.70. The molecule has 2 aliphatic rings. The highest BCUT2D eigenvalue weighted by molar-refractivity contribution is 7.93. The van der Waals surface area contributed by atoms with Crippen LogP contribution < -0.4 is 10.5 Å². The second-order valence-corrected chi connectivity index (χ2v) is 14.0. The Kier molecular flexibility index (Phi) is 7.47. The van der Waals surface area contributed by atoms with Crippen LogP contribution in [-0.2, 0) is 10.0 Å². The van der Waals surface area contributed by atoms with Crippen molar-refractivity contribution >= 4 is 55.3 Å². The third kappa shape index (κ3) is 5.19. The van der Waals surface area contributed by atoms with Crippen LogP contribution in [0.1, 0.15) is 37.3 Å². The first-order valence-corrected chi connectivity index (χ1v) is 17.0. The first-order chi connectivity index (χ1) is 21.2. The van der Waals surface area contributed by atoms with Gasteiger partial charge in [-0.15, -0.1) is 0 Å². The predicted octanol–water partition coefficient (Wildman–Crippen LogP) is 4.66. The van der Waals surface area contributed by atoms with Gasteiger partial charge in [-0.05, 0) is 69.0 Å². The summed E-state index contributed by atoms with van der Waals surface area (Å²) < 4.78 is 55.3. The van der Waals surface area contributed by atoms with E-state index in [0.717, 1.165) is 69.2 Å². The van der Waals surface area contributed by atoms with Crippen molar-refractivity contribution in [2.45, 2.75) is 49.6 Å². The van der Waals surface area contributed by atoms with Gasteiger partial charge in [-0.1, -0.05) is 12.1 Å². The molecule has 3 N–H and O–H groups in total. The van der Waals surface area contributed by atoms with Gasteiger partial charge in [0, 0.05) is 50.0 Å². The molecule has 0 radical (unpaired) electrons. The summed E-state index contributed by atoms with van der Waals surface area (Å²) in [6, 6.07) is 8.66. The quantitative estimate of drug-likeness (QED) is 0.273. The van der Waals surface area contributed by atoms with Gasteiger partial charge in [0.1, 0.15) is 39.5 Å². The SMILES string of the molecule is Cc1ccc2nsnc2c1S(=O)(=O)Nc1ccc(-c2cn(C3CCC(N4CCN(C)CC4)CC3)c3ncnc(N)c23)cc1F. The highest BCUT2D eigenvalue weighted by Gasteiger charge is 2.30. The van der Waals surface area contributed by atoms with E-state index in [9.17, 15) is 8.42 Å². The number of nitrogen functional groups attached to an aromatic ring is 1. The lowest BCUT2D eigenvalue weighted by molar-refractivity contribution is 0.0828. The molecule has 1 saturated heterocycles. The number of nitrogens with two attached hydrogens (primary N) is 1. The number of benzene rings is 2. The van der Waals surface area contributed by atoms with Crippen LogP contribution in [0.25, 0.3) is 33.2 Å². The molecule has 0 unspecified atom stereocenters. The second-order valence-electron chi connectivity index (χ2n) is 11.9. The van der Waals surface area contributed by atoms with E-state index in [0.29, 0.717) is 39.5 Å². The molecule has 0 atom stereocenters. The van der Waals surface area contributed by atoms with Gasteiger partial charge in [0.15, 0.2) is 0 Å². The number of likely N-dealkylation sites (N-methyl/N-ethyl adjacent to an activating group) is 1. The Morgan fingerprint density at radius 1 is 1.00 bits per heavy atom. The van der Waals surface area contributed by atoms with Gasteiger partial charge >= 0.3 is 0 Å². The second kappa shape index (κ2) is 11.3. The summed E-state index contributed by atoms with van der Waals surface area (Å²) in [6.45, 7) is 6.12. The smallest absolute Gasteiger partial charge is 0.264 e. The number of aromatic nitrogens is 5. The molecule has 1 aliphatic carbocycles. The van der Waals surface area contributed by atoms with Crippen molar-refractivity contribution in [1.29, 1.82) is 0 Å². The molecule has 2 aromatic carbocycles. The zero-order chi connectivity index (χ0) is 30.6. The summed E-state index contributed by atoms with van der Waals surface area (Å²) in [5.41, 5.74) is 9.43. The first-order valence-electron chi connectivity index (χ1n) is 14.8. The van der Waals surface area contributed by atoms with Crippen LogP contribution in [0, 0.1) is 12.7 Å². The number of nitrogens with one attached hydrogen (secondary N) is 1. The number of piperazine rings is 1. The molecule has 1 aliphatic heterocycles. The van der Waals surface area contributed by atoms with Crippen molar-refractivity contribution in [3.8, 4) is 11.1 Å². The molecule has 1 saturated carbocycles. The summed E-state index contributed by atoms with van der Waals surface area (Å²) in [4.78, 5) is 13.8. The Hall–Kier alpha value is -3.72. The summed E-state index contributed by atoms with van der Waals surface area (Å²) in [7, 11) is -1.97. The molecule has 4 heterocycles. The number of anilines is 2. The highest BCUT2D eigenvalue weighted by atomic mass is 32.2. The topological polar surface area (TPSA) is 135 Å². The van der Waals surface area contributed by atoms with Gasteiger partial charge in [0.25, 0.3) is 10.0 Å². The fraction of sp³-hybridized carbons (Fsp3) is 0.400. The molecule has 230 valence electrons. The maximum atomic E-state index is 15.6. The lowest BCUT2D eigenvalue weighted by Crippen LogP contribution is -2.49. The first kappa shape index (κ1) is 29.0. The molecule has 44 heavy (non-hydrogen) atoms. The van der Waals surface area contributed by atoms with E-state index < -0.39 is 15.8 Å². The van der Waals surface area contributed by atoms with Crippen molar-refractivity contribution in [2.75, 3.05) is 43.7 Å². The molecule has 11 nitrogen and oxygen atoms in total. The van der Waals surface area contributed by atoms with Crippen LogP contribution in [0.3, 0.4) is 0 Å². The van der Waals surface area contributed by atoms with E-state index in [1.807, 2.05) is 6.20 Å². The van der Waals surface area contributed by atoms with Gasteiger partial charge in [0.2, 0.25) is 0 Å². The minimum Gasteiger partial charge on any atom is -0.383 e. The standard InChI is InChI=1S/C30H34FN9O2S2/c1-18-3-9-25-27(36-43-35-25)28(18)44(41,42)37-24-10-4-19(15-23(24)31)22-16-40(30-26(22)29(32)33-17-34-30)21-7-5-20(6-8-21)39-13-11-38(2)12-14-39/h3-4,9-10,15-17,20-21,37H,5-8,11-14H2,1-2H3,(H2,32,33,34). The van der Waals surface area contributed by atoms with E-state index >= 15 is 4.39 Å². The number of rotatable bonds is 6. The van der Waals surface area contributed by atoms with Gasteiger partial charge in [-0.25, -0.2) is 22.8 Å². The average Bonchev–Trinajstić information content (AvgIpc) is 3.64. The summed E-state index contributed by atoms with van der Waals surface area (Å²) >= 11 is 0.929. The number of hydrogen-bond donors (Lipinski definition) is 2. The number of nitrogens with zero attached hydrogens (tertiary/aromatic N) is 7. The zero-order valence-corrected chi connectivity index (χ0v) is 26.2. The Balaban J connectivity index is 1.17. The van der Waals surface area contributed by atoms with Gasteiger partial charge in [-0.2, -0.15) is 8.75 Å². The monoisotopic (exact) mass is 635 g/mol. The maximum absolute atomic E-state index is 15.6. The average molecular weight is 636 g/mol. The molecular formula is C30H34FN9O2S2. The Morgan fingerprint density at radius 2 is 1.75 bits per heavy atom. The normalized spacial score (nSPS) is 20.4. The zero-order valence-electron chi connectivity index (χ0n) is 24.6. The van der Waals surface area contributed by atoms with Gasteiger partial charge < -0.3 is 15.2 Å². The molecule has 7 rings (SSSR count). The lowest BCUT2D eigenvalue weighted by Gasteiger charge is -2.41. The van der Waals surface area contributed by atoms with E-state index in [-0.39, 0.29) is 22.1 Å². The van der Waals surface area contributed by atoms with Crippen LogP contribution in [0.2, 0.25) is 0 Å². The largest absolute Gasteiger partial charge is 0.383 e. The van der Waals surface area contributed by atoms with Crippen molar-refractivity contribution in [3.05, 3.63) is 54.2 Å². The lowest BCUT2D eigenvalue weighted by atomic mass is 9.89. The Morgan fingerprint density at radius 3 is 2.50 bits per heavy atom. The molecule has 0 amide bonds. The molecule has 0 spiro atoms.